The highest BCUT2D eigenvalue weighted by molar-refractivity contribution is 5.93. The normalized spacial score (nSPS) is 14.2. The zero-order chi connectivity index (χ0) is 18.5. The van der Waals surface area contributed by atoms with Crippen LogP contribution in [0.15, 0.2) is 29.3 Å². The number of rotatable bonds is 5. The Morgan fingerprint density at radius 2 is 2.04 bits per heavy atom. The Morgan fingerprint density at radius 1 is 1.27 bits per heavy atom. The molecule has 0 unspecified atom stereocenters. The second-order valence-corrected chi connectivity index (χ2v) is 6.42. The average Bonchev–Trinajstić information content (AvgIpc) is 2.64. The number of piperidine rings is 1. The van der Waals surface area contributed by atoms with Crippen LogP contribution >= 0.6 is 0 Å². The molecular formula is C17H23N7O2. The van der Waals surface area contributed by atoms with Gasteiger partial charge in [0.2, 0.25) is 11.9 Å². The van der Waals surface area contributed by atoms with E-state index in [1.807, 2.05) is 19.0 Å². The van der Waals surface area contributed by atoms with Crippen LogP contribution in [0.25, 0.3) is 0 Å². The molecule has 0 saturated carbocycles. The number of hydrogen-bond donors (Lipinski definition) is 1. The summed E-state index contributed by atoms with van der Waals surface area (Å²) in [6.45, 7) is 1.72. The van der Waals surface area contributed by atoms with Crippen molar-refractivity contribution in [3.05, 3.63) is 34.9 Å². The lowest BCUT2D eigenvalue weighted by Crippen LogP contribution is -2.32. The number of hydrogen-bond acceptors (Lipinski definition) is 7. The molecule has 0 bridgehead atoms. The second-order valence-electron chi connectivity index (χ2n) is 6.42. The zero-order valence-electron chi connectivity index (χ0n) is 15.1. The van der Waals surface area contributed by atoms with Crippen LogP contribution in [0.3, 0.4) is 0 Å². The molecule has 1 saturated heterocycles. The van der Waals surface area contributed by atoms with Gasteiger partial charge in [-0.3, -0.25) is 9.59 Å². The Bertz CT molecular complexity index is 828. The second kappa shape index (κ2) is 7.94. The van der Waals surface area contributed by atoms with Crippen molar-refractivity contribution in [3.63, 3.8) is 0 Å². The Hall–Kier alpha value is -2.97. The van der Waals surface area contributed by atoms with Crippen LogP contribution < -0.4 is 20.7 Å². The summed E-state index contributed by atoms with van der Waals surface area (Å²) in [5.74, 6) is 0.942. The van der Waals surface area contributed by atoms with Gasteiger partial charge in [-0.2, -0.15) is 10.1 Å². The first kappa shape index (κ1) is 17.8. The summed E-state index contributed by atoms with van der Waals surface area (Å²) in [5.41, 5.74) is 0.178. The lowest BCUT2D eigenvalue weighted by atomic mass is 10.1. The van der Waals surface area contributed by atoms with E-state index in [1.165, 1.54) is 24.8 Å². The van der Waals surface area contributed by atoms with Crippen LogP contribution in [0.1, 0.15) is 19.3 Å². The number of nitrogens with one attached hydrogen (secondary N) is 1. The van der Waals surface area contributed by atoms with Crippen molar-refractivity contribution in [2.75, 3.05) is 42.3 Å². The third-order valence-electron chi connectivity index (χ3n) is 4.17. The molecule has 9 nitrogen and oxygen atoms in total. The topological polar surface area (TPSA) is 96.2 Å². The molecule has 3 heterocycles. The van der Waals surface area contributed by atoms with E-state index >= 15 is 0 Å². The van der Waals surface area contributed by atoms with E-state index < -0.39 is 0 Å². The predicted molar refractivity (Wildman–Crippen MR) is 99.5 cm³/mol. The Balaban J connectivity index is 1.77. The fraction of sp³-hybridized carbons (Fsp3) is 0.471. The average molecular weight is 357 g/mol. The van der Waals surface area contributed by atoms with E-state index in [4.69, 9.17) is 0 Å². The van der Waals surface area contributed by atoms with Crippen molar-refractivity contribution in [1.82, 2.24) is 19.7 Å². The first-order chi connectivity index (χ1) is 12.5. The van der Waals surface area contributed by atoms with Crippen molar-refractivity contribution in [2.24, 2.45) is 0 Å². The van der Waals surface area contributed by atoms with E-state index in [0.29, 0.717) is 17.5 Å². The van der Waals surface area contributed by atoms with E-state index in [-0.39, 0.29) is 18.0 Å². The lowest BCUT2D eigenvalue weighted by Gasteiger charge is -2.28. The largest absolute Gasteiger partial charge is 0.361 e. The third-order valence-corrected chi connectivity index (χ3v) is 4.17. The molecule has 1 N–H and O–H groups in total. The maximum absolute atomic E-state index is 12.3. The molecule has 2 aromatic heterocycles. The molecule has 9 heteroatoms. The first-order valence-electron chi connectivity index (χ1n) is 8.66. The van der Waals surface area contributed by atoms with Crippen molar-refractivity contribution >= 4 is 23.4 Å². The molecule has 0 aliphatic carbocycles. The molecule has 3 rings (SSSR count). The van der Waals surface area contributed by atoms with Gasteiger partial charge in [0.15, 0.2) is 5.82 Å². The zero-order valence-corrected chi connectivity index (χ0v) is 15.1. The van der Waals surface area contributed by atoms with Gasteiger partial charge in [0.05, 0.1) is 6.20 Å². The smallest absolute Gasteiger partial charge is 0.267 e. The fourth-order valence-corrected chi connectivity index (χ4v) is 2.87. The Morgan fingerprint density at radius 3 is 2.73 bits per heavy atom. The molecule has 1 aliphatic heterocycles. The van der Waals surface area contributed by atoms with E-state index in [0.717, 1.165) is 30.6 Å². The predicted octanol–water partition coefficient (Wildman–Crippen LogP) is 0.728. The molecule has 138 valence electrons. The lowest BCUT2D eigenvalue weighted by molar-refractivity contribution is -0.117. The summed E-state index contributed by atoms with van der Waals surface area (Å²) < 4.78 is 1.10. The monoisotopic (exact) mass is 357 g/mol. The minimum absolute atomic E-state index is 0.166. The summed E-state index contributed by atoms with van der Waals surface area (Å²) in [4.78, 5) is 37.0. The van der Waals surface area contributed by atoms with Gasteiger partial charge in [-0.15, -0.1) is 0 Å². The quantitative estimate of drug-likeness (QED) is 0.842. The van der Waals surface area contributed by atoms with Crippen molar-refractivity contribution in [1.29, 1.82) is 0 Å². The number of carbonyl (C=O) groups excluding carboxylic acids is 1. The van der Waals surface area contributed by atoms with Gasteiger partial charge >= 0.3 is 0 Å². The van der Waals surface area contributed by atoms with Crippen LogP contribution in [0.5, 0.6) is 0 Å². The van der Waals surface area contributed by atoms with Gasteiger partial charge < -0.3 is 15.1 Å². The van der Waals surface area contributed by atoms with Crippen LogP contribution in [-0.4, -0.2) is 52.8 Å². The van der Waals surface area contributed by atoms with Gasteiger partial charge in [0, 0.05) is 39.4 Å². The molecule has 1 fully saturated rings. The SMILES string of the molecule is CN(C)c1nc(N2CCCCC2)ncc1NC(=O)Cn1ncccc1=O. The van der Waals surface area contributed by atoms with Crippen molar-refractivity contribution < 1.29 is 4.79 Å². The molecule has 0 radical (unpaired) electrons. The Labute approximate surface area is 151 Å². The van der Waals surface area contributed by atoms with Crippen LogP contribution in [0, 0.1) is 0 Å². The highest BCUT2D eigenvalue weighted by Crippen LogP contribution is 2.25. The highest BCUT2D eigenvalue weighted by Gasteiger charge is 2.18. The molecule has 0 aromatic carbocycles. The first-order valence-corrected chi connectivity index (χ1v) is 8.66. The molecule has 1 amide bonds. The van der Waals surface area contributed by atoms with E-state index in [9.17, 15) is 9.59 Å². The summed E-state index contributed by atoms with van der Waals surface area (Å²) in [6.07, 6.45) is 6.59. The van der Waals surface area contributed by atoms with Crippen LogP contribution in [-0.2, 0) is 11.3 Å². The van der Waals surface area contributed by atoms with Gasteiger partial charge in [-0.25, -0.2) is 9.67 Å². The number of nitrogens with zero attached hydrogens (tertiary/aromatic N) is 6. The van der Waals surface area contributed by atoms with Crippen LogP contribution in [0.2, 0.25) is 0 Å². The minimum atomic E-state index is -0.358. The standard InChI is InChI=1S/C17H23N7O2/c1-22(2)16-13(11-18-17(21-16)23-9-4-3-5-10-23)20-14(25)12-24-15(26)7-6-8-19-24/h6-8,11H,3-5,9-10,12H2,1-2H3,(H,20,25). The fourth-order valence-electron chi connectivity index (χ4n) is 2.87. The third kappa shape index (κ3) is 4.16. The van der Waals surface area contributed by atoms with E-state index in [1.54, 1.807) is 6.20 Å². The van der Waals surface area contributed by atoms with Gasteiger partial charge in [0.1, 0.15) is 12.2 Å². The molecular weight excluding hydrogens is 334 g/mol. The summed E-state index contributed by atoms with van der Waals surface area (Å²) in [6, 6.07) is 2.90. The number of carbonyl (C=O) groups is 1. The maximum atomic E-state index is 12.3. The van der Waals surface area contributed by atoms with Gasteiger partial charge in [-0.1, -0.05) is 0 Å². The van der Waals surface area contributed by atoms with Gasteiger partial charge in [0.25, 0.3) is 5.56 Å². The number of aromatic nitrogens is 4. The van der Waals surface area contributed by atoms with Crippen molar-refractivity contribution in [2.45, 2.75) is 25.8 Å². The summed E-state index contributed by atoms with van der Waals surface area (Å²) >= 11 is 0. The molecule has 26 heavy (non-hydrogen) atoms. The van der Waals surface area contributed by atoms with Gasteiger partial charge in [-0.05, 0) is 25.3 Å². The van der Waals surface area contributed by atoms with E-state index in [2.05, 4.69) is 25.3 Å². The van der Waals surface area contributed by atoms with Crippen molar-refractivity contribution in [3.8, 4) is 0 Å². The van der Waals surface area contributed by atoms with Crippen LogP contribution in [0.4, 0.5) is 17.5 Å². The molecule has 2 aromatic rings. The summed E-state index contributed by atoms with van der Waals surface area (Å²) in [7, 11) is 3.72. The number of anilines is 3. The summed E-state index contributed by atoms with van der Waals surface area (Å²) in [5, 5.41) is 6.66. The Kier molecular flexibility index (Phi) is 5.45. The number of amides is 1. The molecule has 0 atom stereocenters. The molecule has 0 spiro atoms. The highest BCUT2D eigenvalue weighted by atomic mass is 16.2. The minimum Gasteiger partial charge on any atom is -0.361 e. The molecule has 1 aliphatic rings. The maximum Gasteiger partial charge on any atom is 0.267 e.